The molecule has 0 fully saturated rings. The zero-order valence-electron chi connectivity index (χ0n) is 13.3. The zero-order valence-corrected chi connectivity index (χ0v) is 15.0. The van der Waals surface area contributed by atoms with Crippen LogP contribution >= 0.6 is 11.3 Å². The molecule has 0 saturated carbocycles. The van der Waals surface area contributed by atoms with E-state index in [1.807, 2.05) is 17.5 Å². The van der Waals surface area contributed by atoms with Crippen LogP contribution in [0.2, 0.25) is 0 Å². The normalized spacial score (nSPS) is 11.4. The quantitative estimate of drug-likeness (QED) is 0.659. The van der Waals surface area contributed by atoms with E-state index >= 15 is 0 Å². The maximum atomic E-state index is 12.2. The van der Waals surface area contributed by atoms with Gasteiger partial charge < -0.3 is 10.1 Å². The van der Waals surface area contributed by atoms with Crippen molar-refractivity contribution in [2.75, 3.05) is 26.8 Å². The van der Waals surface area contributed by atoms with Crippen molar-refractivity contribution in [3.63, 3.8) is 0 Å². The van der Waals surface area contributed by atoms with Crippen LogP contribution in [-0.2, 0) is 21.2 Å². The second-order valence-corrected chi connectivity index (χ2v) is 7.80. The summed E-state index contributed by atoms with van der Waals surface area (Å²) in [7, 11) is -2.02. The predicted octanol–water partition coefficient (Wildman–Crippen LogP) is 1.65. The van der Waals surface area contributed by atoms with E-state index in [9.17, 15) is 13.2 Å². The number of carbonyl (C=O) groups is 1. The Balaban J connectivity index is 1.91. The fourth-order valence-corrected chi connectivity index (χ4v) is 3.74. The van der Waals surface area contributed by atoms with Crippen LogP contribution in [0, 0.1) is 0 Å². The van der Waals surface area contributed by atoms with Crippen LogP contribution in [0.5, 0.6) is 0 Å². The molecule has 1 aromatic carbocycles. The maximum absolute atomic E-state index is 12.2. The molecule has 0 aliphatic heterocycles. The second kappa shape index (κ2) is 8.93. The number of sulfonamides is 1. The van der Waals surface area contributed by atoms with Crippen molar-refractivity contribution in [3.8, 4) is 0 Å². The molecular formula is C16H20N2O4S2. The first kappa shape index (κ1) is 18.6. The number of carbonyl (C=O) groups excluding carboxylic acids is 1. The smallest absolute Gasteiger partial charge is 0.251 e. The number of amides is 1. The van der Waals surface area contributed by atoms with Gasteiger partial charge in [-0.3, -0.25) is 4.79 Å². The van der Waals surface area contributed by atoms with Gasteiger partial charge in [0, 0.05) is 30.6 Å². The summed E-state index contributed by atoms with van der Waals surface area (Å²) in [6, 6.07) is 9.75. The number of hydrogen-bond donors (Lipinski definition) is 2. The zero-order chi connectivity index (χ0) is 17.4. The Labute approximate surface area is 145 Å². The van der Waals surface area contributed by atoms with Gasteiger partial charge in [-0.25, -0.2) is 13.1 Å². The van der Waals surface area contributed by atoms with E-state index in [-0.39, 0.29) is 10.8 Å². The van der Waals surface area contributed by atoms with Crippen LogP contribution < -0.4 is 10.0 Å². The molecule has 2 aromatic rings. The predicted molar refractivity (Wildman–Crippen MR) is 93.9 cm³/mol. The molecule has 0 radical (unpaired) electrons. The Hall–Kier alpha value is -1.74. The van der Waals surface area contributed by atoms with Gasteiger partial charge >= 0.3 is 0 Å². The SMILES string of the molecule is COCCNC(=O)c1ccc(S(=O)(=O)NCCc2cccs2)cc1. The highest BCUT2D eigenvalue weighted by Gasteiger charge is 2.14. The summed E-state index contributed by atoms with van der Waals surface area (Å²) in [6.07, 6.45) is 0.650. The third-order valence-electron chi connectivity index (χ3n) is 3.26. The number of benzene rings is 1. The fraction of sp³-hybridized carbons (Fsp3) is 0.312. The van der Waals surface area contributed by atoms with Gasteiger partial charge in [0.1, 0.15) is 0 Å². The van der Waals surface area contributed by atoms with Crippen LogP contribution in [0.3, 0.4) is 0 Å². The van der Waals surface area contributed by atoms with Crippen molar-refractivity contribution >= 4 is 27.3 Å². The summed E-state index contributed by atoms with van der Waals surface area (Å²) >= 11 is 1.59. The lowest BCUT2D eigenvalue weighted by atomic mass is 10.2. The Morgan fingerprint density at radius 2 is 1.92 bits per heavy atom. The molecule has 2 rings (SSSR count). The first-order chi connectivity index (χ1) is 11.5. The molecule has 0 aliphatic carbocycles. The largest absolute Gasteiger partial charge is 0.383 e. The van der Waals surface area contributed by atoms with Crippen LogP contribution in [0.25, 0.3) is 0 Å². The molecule has 2 N–H and O–H groups in total. The Morgan fingerprint density at radius 3 is 2.54 bits per heavy atom. The van der Waals surface area contributed by atoms with Gasteiger partial charge in [0.2, 0.25) is 10.0 Å². The number of rotatable bonds is 9. The van der Waals surface area contributed by atoms with Crippen molar-refractivity contribution < 1.29 is 17.9 Å². The molecule has 6 nitrogen and oxygen atoms in total. The van der Waals surface area contributed by atoms with Gasteiger partial charge in [0.15, 0.2) is 0 Å². The fourth-order valence-electron chi connectivity index (χ4n) is 2.00. The third-order valence-corrected chi connectivity index (χ3v) is 5.68. The van der Waals surface area contributed by atoms with Gasteiger partial charge in [-0.15, -0.1) is 11.3 Å². The lowest BCUT2D eigenvalue weighted by Gasteiger charge is -2.08. The standard InChI is InChI=1S/C16H20N2O4S2/c1-22-11-10-17-16(19)13-4-6-15(7-5-13)24(20,21)18-9-8-14-3-2-12-23-14/h2-7,12,18H,8-11H2,1H3,(H,17,19). The maximum Gasteiger partial charge on any atom is 0.251 e. The first-order valence-corrected chi connectivity index (χ1v) is 9.78. The number of methoxy groups -OCH3 is 1. The molecule has 8 heteroatoms. The summed E-state index contributed by atoms with van der Waals surface area (Å²) in [5.74, 6) is -0.262. The average Bonchev–Trinajstić information content (AvgIpc) is 3.08. The van der Waals surface area contributed by atoms with E-state index < -0.39 is 10.0 Å². The second-order valence-electron chi connectivity index (χ2n) is 5.00. The van der Waals surface area contributed by atoms with E-state index in [2.05, 4.69) is 10.0 Å². The third kappa shape index (κ3) is 5.41. The molecule has 0 spiro atoms. The van der Waals surface area contributed by atoms with Gasteiger partial charge in [-0.1, -0.05) is 6.07 Å². The summed E-state index contributed by atoms with van der Waals surface area (Å²) in [5, 5.41) is 4.64. The van der Waals surface area contributed by atoms with Crippen molar-refractivity contribution in [1.29, 1.82) is 0 Å². The number of hydrogen-bond acceptors (Lipinski definition) is 5. The molecule has 1 aromatic heterocycles. The van der Waals surface area contributed by atoms with Crippen LogP contribution in [0.15, 0.2) is 46.7 Å². The molecule has 0 atom stereocenters. The molecule has 1 heterocycles. The van der Waals surface area contributed by atoms with Crippen LogP contribution in [-0.4, -0.2) is 41.1 Å². The first-order valence-electron chi connectivity index (χ1n) is 7.42. The van der Waals surface area contributed by atoms with Crippen molar-refractivity contribution in [2.45, 2.75) is 11.3 Å². The van der Waals surface area contributed by atoms with Gasteiger partial charge in [-0.2, -0.15) is 0 Å². The van der Waals surface area contributed by atoms with Crippen molar-refractivity contribution in [2.24, 2.45) is 0 Å². The van der Waals surface area contributed by atoms with Gasteiger partial charge in [-0.05, 0) is 42.1 Å². The highest BCUT2D eigenvalue weighted by molar-refractivity contribution is 7.89. The molecule has 24 heavy (non-hydrogen) atoms. The summed E-state index contributed by atoms with van der Waals surface area (Å²) in [5.41, 5.74) is 0.406. The number of thiophene rings is 1. The minimum absolute atomic E-state index is 0.141. The molecule has 0 saturated heterocycles. The minimum Gasteiger partial charge on any atom is -0.383 e. The van der Waals surface area contributed by atoms with E-state index in [0.29, 0.717) is 31.7 Å². The minimum atomic E-state index is -3.57. The monoisotopic (exact) mass is 368 g/mol. The molecule has 0 bridgehead atoms. The van der Waals surface area contributed by atoms with Crippen molar-refractivity contribution in [1.82, 2.24) is 10.0 Å². The lowest BCUT2D eigenvalue weighted by molar-refractivity contribution is 0.0937. The van der Waals surface area contributed by atoms with E-state index in [1.165, 1.54) is 24.3 Å². The summed E-state index contributed by atoms with van der Waals surface area (Å²) in [4.78, 5) is 13.1. The summed E-state index contributed by atoms with van der Waals surface area (Å²) < 4.78 is 31.9. The van der Waals surface area contributed by atoms with E-state index in [1.54, 1.807) is 18.4 Å². The molecule has 0 aliphatic rings. The summed E-state index contributed by atoms with van der Waals surface area (Å²) in [6.45, 7) is 1.16. The van der Waals surface area contributed by atoms with E-state index in [4.69, 9.17) is 4.74 Å². The Bertz CT molecular complexity index is 741. The lowest BCUT2D eigenvalue weighted by Crippen LogP contribution is -2.27. The number of ether oxygens (including phenoxy) is 1. The Kier molecular flexibility index (Phi) is 6.92. The van der Waals surface area contributed by atoms with Gasteiger partial charge in [0.25, 0.3) is 5.91 Å². The topological polar surface area (TPSA) is 84.5 Å². The Morgan fingerprint density at radius 1 is 1.17 bits per heavy atom. The van der Waals surface area contributed by atoms with Crippen LogP contribution in [0.1, 0.15) is 15.2 Å². The molecular weight excluding hydrogens is 348 g/mol. The highest BCUT2D eigenvalue weighted by Crippen LogP contribution is 2.12. The van der Waals surface area contributed by atoms with E-state index in [0.717, 1.165) is 4.88 Å². The van der Waals surface area contributed by atoms with Crippen molar-refractivity contribution in [3.05, 3.63) is 52.2 Å². The van der Waals surface area contributed by atoms with Gasteiger partial charge in [0.05, 0.1) is 11.5 Å². The highest BCUT2D eigenvalue weighted by atomic mass is 32.2. The molecule has 130 valence electrons. The molecule has 0 unspecified atom stereocenters. The molecule has 1 amide bonds. The number of nitrogens with one attached hydrogen (secondary N) is 2. The average molecular weight is 368 g/mol. The van der Waals surface area contributed by atoms with Crippen LogP contribution in [0.4, 0.5) is 0 Å².